The summed E-state index contributed by atoms with van der Waals surface area (Å²) < 4.78 is 51.2. The van der Waals surface area contributed by atoms with Crippen LogP contribution < -0.4 is 11.1 Å². The maximum Gasteiger partial charge on any atom is 0.416 e. The molecule has 1 rings (SSSR count). The smallest absolute Gasteiger partial charge is 0.368 e. The van der Waals surface area contributed by atoms with Gasteiger partial charge in [-0.25, -0.2) is 4.39 Å². The zero-order valence-corrected chi connectivity index (χ0v) is 11.3. The van der Waals surface area contributed by atoms with E-state index in [-0.39, 0.29) is 5.92 Å². The van der Waals surface area contributed by atoms with Crippen molar-refractivity contribution in [2.45, 2.75) is 26.1 Å². The lowest BCUT2D eigenvalue weighted by molar-refractivity contribution is -0.137. The van der Waals surface area contributed by atoms with Gasteiger partial charge in [-0.15, -0.1) is 0 Å². The molecule has 0 radical (unpaired) electrons. The van der Waals surface area contributed by atoms with Gasteiger partial charge in [0.05, 0.1) is 11.1 Å². The molecule has 1 aromatic carbocycles. The Balaban J connectivity index is 3.10. The lowest BCUT2D eigenvalue weighted by atomic mass is 10.0. The number of primary amides is 1. The Labute approximate surface area is 118 Å². The average molecular weight is 306 g/mol. The summed E-state index contributed by atoms with van der Waals surface area (Å²) in [6.45, 7) is 3.16. The predicted octanol–water partition coefficient (Wildman–Crippen LogP) is 2.08. The van der Waals surface area contributed by atoms with Crippen molar-refractivity contribution in [2.24, 2.45) is 11.7 Å². The van der Waals surface area contributed by atoms with Gasteiger partial charge in [0.1, 0.15) is 11.9 Å². The molecule has 0 aliphatic carbocycles. The second kappa shape index (κ2) is 6.11. The van der Waals surface area contributed by atoms with Gasteiger partial charge < -0.3 is 11.1 Å². The number of benzene rings is 1. The second-order valence-corrected chi connectivity index (χ2v) is 4.79. The molecule has 0 spiro atoms. The molecule has 4 nitrogen and oxygen atoms in total. The minimum atomic E-state index is -4.70. The van der Waals surface area contributed by atoms with E-state index in [0.717, 1.165) is 0 Å². The molecular formula is C13H14F4N2O2. The van der Waals surface area contributed by atoms with Crippen LogP contribution in [0.1, 0.15) is 29.8 Å². The van der Waals surface area contributed by atoms with Gasteiger partial charge in [-0.1, -0.05) is 13.8 Å². The quantitative estimate of drug-likeness (QED) is 0.836. The van der Waals surface area contributed by atoms with Gasteiger partial charge in [0.15, 0.2) is 0 Å². The molecule has 0 aromatic heterocycles. The molecule has 2 amide bonds. The van der Waals surface area contributed by atoms with E-state index >= 15 is 0 Å². The fourth-order valence-electron chi connectivity index (χ4n) is 1.66. The number of carbonyl (C=O) groups is 2. The highest BCUT2D eigenvalue weighted by atomic mass is 19.4. The summed E-state index contributed by atoms with van der Waals surface area (Å²) in [5.41, 5.74) is 3.12. The fraction of sp³-hybridized carbons (Fsp3) is 0.385. The minimum Gasteiger partial charge on any atom is -0.368 e. The first kappa shape index (κ1) is 16.9. The zero-order chi connectivity index (χ0) is 16.4. The van der Waals surface area contributed by atoms with E-state index in [1.165, 1.54) is 0 Å². The van der Waals surface area contributed by atoms with Gasteiger partial charge >= 0.3 is 6.18 Å². The number of hydrogen-bond donors (Lipinski definition) is 2. The van der Waals surface area contributed by atoms with E-state index in [1.54, 1.807) is 13.8 Å². The van der Waals surface area contributed by atoms with E-state index < -0.39 is 41.0 Å². The lowest BCUT2D eigenvalue weighted by Gasteiger charge is -2.19. The van der Waals surface area contributed by atoms with Crippen molar-refractivity contribution < 1.29 is 27.2 Å². The summed E-state index contributed by atoms with van der Waals surface area (Å²) >= 11 is 0. The highest BCUT2D eigenvalue weighted by molar-refractivity contribution is 5.97. The molecule has 1 unspecified atom stereocenters. The van der Waals surface area contributed by atoms with Crippen LogP contribution in [0.3, 0.4) is 0 Å². The third-order valence-corrected chi connectivity index (χ3v) is 2.80. The summed E-state index contributed by atoms with van der Waals surface area (Å²) in [4.78, 5) is 23.0. The van der Waals surface area contributed by atoms with Crippen LogP contribution in [0, 0.1) is 11.7 Å². The van der Waals surface area contributed by atoms with Gasteiger partial charge in [0, 0.05) is 0 Å². The van der Waals surface area contributed by atoms with Gasteiger partial charge in [-0.05, 0) is 24.1 Å². The number of nitrogens with one attached hydrogen (secondary N) is 1. The molecular weight excluding hydrogens is 292 g/mol. The van der Waals surface area contributed by atoms with Crippen molar-refractivity contribution in [3.05, 3.63) is 35.1 Å². The summed E-state index contributed by atoms with van der Waals surface area (Å²) in [7, 11) is 0. The highest BCUT2D eigenvalue weighted by Crippen LogP contribution is 2.30. The molecule has 0 saturated heterocycles. The van der Waals surface area contributed by atoms with Crippen LogP contribution in [-0.2, 0) is 11.0 Å². The molecule has 1 aromatic rings. The summed E-state index contributed by atoms with van der Waals surface area (Å²) in [6.07, 6.45) is -4.70. The first-order chi connectivity index (χ1) is 9.54. The summed E-state index contributed by atoms with van der Waals surface area (Å²) in [5.74, 6) is -3.49. The standard InChI is InChI=1S/C13H14F4N2O2/c1-6(2)10(11(18)20)19-12(21)8-5-7(13(15,16)17)3-4-9(8)14/h3-6,10H,1-2H3,(H2,18,20)(H,19,21). The van der Waals surface area contributed by atoms with Gasteiger partial charge in [0.2, 0.25) is 5.91 Å². The number of alkyl halides is 3. The molecule has 0 fully saturated rings. The topological polar surface area (TPSA) is 72.2 Å². The second-order valence-electron chi connectivity index (χ2n) is 4.79. The SMILES string of the molecule is CC(C)C(NC(=O)c1cc(C(F)(F)F)ccc1F)C(N)=O. The third-order valence-electron chi connectivity index (χ3n) is 2.80. The maximum absolute atomic E-state index is 13.5. The fourth-order valence-corrected chi connectivity index (χ4v) is 1.66. The van der Waals surface area contributed by atoms with E-state index in [4.69, 9.17) is 5.73 Å². The molecule has 0 aliphatic heterocycles. The molecule has 3 N–H and O–H groups in total. The molecule has 21 heavy (non-hydrogen) atoms. The van der Waals surface area contributed by atoms with Crippen LogP contribution in [0.15, 0.2) is 18.2 Å². The lowest BCUT2D eigenvalue weighted by Crippen LogP contribution is -2.47. The number of nitrogens with two attached hydrogens (primary N) is 1. The number of amides is 2. The molecule has 0 aliphatic rings. The maximum atomic E-state index is 13.5. The molecule has 0 heterocycles. The minimum absolute atomic E-state index is 0.389. The number of rotatable bonds is 4. The number of carbonyl (C=O) groups excluding carboxylic acids is 2. The first-order valence-electron chi connectivity index (χ1n) is 6.01. The van der Waals surface area contributed by atoms with Crippen LogP contribution in [-0.4, -0.2) is 17.9 Å². The number of hydrogen-bond acceptors (Lipinski definition) is 2. The first-order valence-corrected chi connectivity index (χ1v) is 6.01. The molecule has 1 atom stereocenters. The molecule has 116 valence electrons. The van der Waals surface area contributed by atoms with Crippen LogP contribution >= 0.6 is 0 Å². The normalized spacial score (nSPS) is 13.1. The Kier molecular flexibility index (Phi) is 4.93. The van der Waals surface area contributed by atoms with Crippen molar-refractivity contribution in [1.29, 1.82) is 0 Å². The Morgan fingerprint density at radius 2 is 1.81 bits per heavy atom. The zero-order valence-electron chi connectivity index (χ0n) is 11.3. The molecule has 0 bridgehead atoms. The largest absolute Gasteiger partial charge is 0.416 e. The van der Waals surface area contributed by atoms with Crippen LogP contribution in [0.25, 0.3) is 0 Å². The van der Waals surface area contributed by atoms with Crippen LogP contribution in [0.4, 0.5) is 17.6 Å². The summed E-state index contributed by atoms with van der Waals surface area (Å²) in [5, 5.41) is 2.13. The average Bonchev–Trinajstić information content (AvgIpc) is 2.33. The Morgan fingerprint density at radius 3 is 2.24 bits per heavy atom. The van der Waals surface area contributed by atoms with Crippen molar-refractivity contribution >= 4 is 11.8 Å². The summed E-state index contributed by atoms with van der Waals surface area (Å²) in [6, 6.07) is 0.363. The van der Waals surface area contributed by atoms with Gasteiger partial charge in [-0.2, -0.15) is 13.2 Å². The number of halogens is 4. The Bertz CT molecular complexity index is 556. The predicted molar refractivity (Wildman–Crippen MR) is 66.7 cm³/mol. The van der Waals surface area contributed by atoms with Crippen molar-refractivity contribution in [2.75, 3.05) is 0 Å². The van der Waals surface area contributed by atoms with Crippen molar-refractivity contribution in [1.82, 2.24) is 5.32 Å². The molecule has 0 saturated carbocycles. The third kappa shape index (κ3) is 4.17. The van der Waals surface area contributed by atoms with Gasteiger partial charge in [0.25, 0.3) is 5.91 Å². The van der Waals surface area contributed by atoms with Gasteiger partial charge in [-0.3, -0.25) is 9.59 Å². The van der Waals surface area contributed by atoms with E-state index in [9.17, 15) is 27.2 Å². The van der Waals surface area contributed by atoms with Crippen molar-refractivity contribution in [3.63, 3.8) is 0 Å². The van der Waals surface area contributed by atoms with E-state index in [1.807, 2.05) is 0 Å². The monoisotopic (exact) mass is 306 g/mol. The van der Waals surface area contributed by atoms with E-state index in [2.05, 4.69) is 5.32 Å². The Morgan fingerprint density at radius 1 is 1.24 bits per heavy atom. The van der Waals surface area contributed by atoms with E-state index in [0.29, 0.717) is 18.2 Å². The highest BCUT2D eigenvalue weighted by Gasteiger charge is 2.32. The van der Waals surface area contributed by atoms with Crippen LogP contribution in [0.5, 0.6) is 0 Å². The van der Waals surface area contributed by atoms with Crippen LogP contribution in [0.2, 0.25) is 0 Å². The van der Waals surface area contributed by atoms with Crippen molar-refractivity contribution in [3.8, 4) is 0 Å². The molecule has 8 heteroatoms. The Hall–Kier alpha value is -2.12.